The minimum Gasteiger partial charge on any atom is -0.342 e. The van der Waals surface area contributed by atoms with Crippen LogP contribution < -0.4 is 5.73 Å². The number of hydrogen-bond donors (Lipinski definition) is 1. The van der Waals surface area contributed by atoms with E-state index in [1.54, 1.807) is 23.5 Å². The van der Waals surface area contributed by atoms with E-state index >= 15 is 0 Å². The van der Waals surface area contributed by atoms with E-state index < -0.39 is 0 Å². The number of rotatable bonds is 5. The van der Waals surface area contributed by atoms with Gasteiger partial charge in [-0.3, -0.25) is 4.79 Å². The number of nitrogens with zero attached hydrogens (tertiary/aromatic N) is 2. The van der Waals surface area contributed by atoms with E-state index in [4.69, 9.17) is 5.73 Å². The van der Waals surface area contributed by atoms with Gasteiger partial charge < -0.3 is 10.6 Å². The van der Waals surface area contributed by atoms with Crippen molar-refractivity contribution in [3.05, 3.63) is 51.7 Å². The number of halogens is 1. The Hall–Kier alpha value is -1.79. The van der Waals surface area contributed by atoms with Crippen LogP contribution in [0.1, 0.15) is 29.1 Å². The smallest absolute Gasteiger partial charge is 0.228 e. The Morgan fingerprint density at radius 1 is 1.29 bits per heavy atom. The number of carbonyl (C=O) groups is 1. The Morgan fingerprint density at radius 3 is 2.67 bits per heavy atom. The minimum absolute atomic E-state index is 0.143. The van der Waals surface area contributed by atoms with Crippen LogP contribution in [-0.4, -0.2) is 35.4 Å². The van der Waals surface area contributed by atoms with E-state index in [0.29, 0.717) is 25.3 Å². The highest BCUT2D eigenvalue weighted by molar-refractivity contribution is 7.09. The number of aromatic nitrogens is 1. The average molecular weight is 347 g/mol. The second-order valence-corrected chi connectivity index (χ2v) is 7.22. The summed E-state index contributed by atoms with van der Waals surface area (Å²) in [5, 5.41) is 2.90. The molecular weight excluding hydrogens is 325 g/mol. The molecule has 6 heteroatoms. The second kappa shape index (κ2) is 7.85. The van der Waals surface area contributed by atoms with Gasteiger partial charge in [0.15, 0.2) is 0 Å². The van der Waals surface area contributed by atoms with Gasteiger partial charge in [0.25, 0.3) is 0 Å². The molecular formula is C18H22FN3OS. The number of amides is 1. The molecule has 1 aromatic heterocycles. The summed E-state index contributed by atoms with van der Waals surface area (Å²) in [6, 6.07) is 6.45. The van der Waals surface area contributed by atoms with Gasteiger partial charge in [0.1, 0.15) is 5.82 Å². The topological polar surface area (TPSA) is 59.2 Å². The SMILES string of the molecule is NCC1CCN(C(=O)Cc2csc(Cc3ccc(F)cc3)n2)CC1. The Kier molecular flexibility index (Phi) is 5.58. The number of nitrogens with two attached hydrogens (primary N) is 1. The summed E-state index contributed by atoms with van der Waals surface area (Å²) < 4.78 is 12.9. The van der Waals surface area contributed by atoms with Gasteiger partial charge in [0, 0.05) is 24.9 Å². The first-order valence-electron chi connectivity index (χ1n) is 8.29. The summed E-state index contributed by atoms with van der Waals surface area (Å²) in [6.45, 7) is 2.31. The molecule has 2 aromatic rings. The summed E-state index contributed by atoms with van der Waals surface area (Å²) >= 11 is 1.55. The van der Waals surface area contributed by atoms with Gasteiger partial charge in [-0.2, -0.15) is 0 Å². The normalized spacial score (nSPS) is 15.7. The van der Waals surface area contributed by atoms with Crippen LogP contribution in [-0.2, 0) is 17.6 Å². The highest BCUT2D eigenvalue weighted by Crippen LogP contribution is 2.19. The van der Waals surface area contributed by atoms with Crippen LogP contribution >= 0.6 is 11.3 Å². The molecule has 24 heavy (non-hydrogen) atoms. The molecule has 0 radical (unpaired) electrons. The molecule has 0 spiro atoms. The molecule has 0 saturated carbocycles. The van der Waals surface area contributed by atoms with Crippen molar-refractivity contribution in [2.45, 2.75) is 25.7 Å². The van der Waals surface area contributed by atoms with Gasteiger partial charge in [-0.15, -0.1) is 11.3 Å². The van der Waals surface area contributed by atoms with Crippen LogP contribution in [0.25, 0.3) is 0 Å². The Bertz CT molecular complexity index is 678. The van der Waals surface area contributed by atoms with Crippen molar-refractivity contribution < 1.29 is 9.18 Å². The lowest BCUT2D eigenvalue weighted by atomic mass is 9.97. The number of benzene rings is 1. The van der Waals surface area contributed by atoms with Crippen LogP contribution in [0.5, 0.6) is 0 Å². The molecule has 0 atom stereocenters. The molecule has 2 heterocycles. The van der Waals surface area contributed by atoms with Crippen molar-refractivity contribution in [1.82, 2.24) is 9.88 Å². The van der Waals surface area contributed by atoms with E-state index in [-0.39, 0.29) is 11.7 Å². The number of piperidine rings is 1. The quantitative estimate of drug-likeness (QED) is 0.904. The number of thiazole rings is 1. The second-order valence-electron chi connectivity index (χ2n) is 6.27. The largest absolute Gasteiger partial charge is 0.342 e. The standard InChI is InChI=1S/C18H22FN3OS/c19-15-3-1-13(2-4-15)9-17-21-16(12-24-17)10-18(23)22-7-5-14(11-20)6-8-22/h1-4,12,14H,5-11,20H2. The molecule has 2 N–H and O–H groups in total. The van der Waals surface area contributed by atoms with Gasteiger partial charge >= 0.3 is 0 Å². The van der Waals surface area contributed by atoms with E-state index in [0.717, 1.165) is 42.2 Å². The van der Waals surface area contributed by atoms with Crippen LogP contribution in [0, 0.1) is 11.7 Å². The van der Waals surface area contributed by atoms with E-state index in [2.05, 4.69) is 4.98 Å². The fourth-order valence-corrected chi connectivity index (χ4v) is 3.80. The third-order valence-corrected chi connectivity index (χ3v) is 5.40. The fraction of sp³-hybridized carbons (Fsp3) is 0.444. The van der Waals surface area contributed by atoms with Gasteiger partial charge in [0.05, 0.1) is 17.1 Å². The molecule has 1 aliphatic rings. The number of carbonyl (C=O) groups excluding carboxylic acids is 1. The van der Waals surface area contributed by atoms with Gasteiger partial charge in [-0.05, 0) is 43.0 Å². The molecule has 0 aliphatic carbocycles. The molecule has 0 unspecified atom stereocenters. The summed E-state index contributed by atoms with van der Waals surface area (Å²) in [6.07, 6.45) is 3.01. The number of hydrogen-bond acceptors (Lipinski definition) is 4. The zero-order valence-electron chi connectivity index (χ0n) is 13.6. The lowest BCUT2D eigenvalue weighted by Gasteiger charge is -2.31. The van der Waals surface area contributed by atoms with Gasteiger partial charge in [-0.25, -0.2) is 9.37 Å². The molecule has 1 amide bonds. The summed E-state index contributed by atoms with van der Waals surface area (Å²) in [7, 11) is 0. The van der Waals surface area contributed by atoms with Crippen LogP contribution in [0.4, 0.5) is 4.39 Å². The van der Waals surface area contributed by atoms with E-state index in [1.807, 2.05) is 10.3 Å². The van der Waals surface area contributed by atoms with Crippen LogP contribution in [0.15, 0.2) is 29.6 Å². The molecule has 0 bridgehead atoms. The van der Waals surface area contributed by atoms with E-state index in [1.165, 1.54) is 12.1 Å². The molecule has 1 saturated heterocycles. The van der Waals surface area contributed by atoms with Crippen molar-refractivity contribution in [2.75, 3.05) is 19.6 Å². The maximum atomic E-state index is 12.9. The molecule has 4 nitrogen and oxygen atoms in total. The third kappa shape index (κ3) is 4.39. The van der Waals surface area contributed by atoms with Crippen molar-refractivity contribution in [3.63, 3.8) is 0 Å². The molecule has 1 aliphatic heterocycles. The molecule has 1 aromatic carbocycles. The van der Waals surface area contributed by atoms with Crippen molar-refractivity contribution in [3.8, 4) is 0 Å². The zero-order chi connectivity index (χ0) is 16.9. The molecule has 1 fully saturated rings. The predicted octanol–water partition coefficient (Wildman–Crippen LogP) is 2.61. The first kappa shape index (κ1) is 17.0. The van der Waals surface area contributed by atoms with Crippen molar-refractivity contribution in [1.29, 1.82) is 0 Å². The Balaban J connectivity index is 1.54. The Morgan fingerprint density at radius 2 is 2.00 bits per heavy atom. The first-order chi connectivity index (χ1) is 11.6. The summed E-state index contributed by atoms with van der Waals surface area (Å²) in [5.74, 6) is 0.460. The zero-order valence-corrected chi connectivity index (χ0v) is 14.4. The third-order valence-electron chi connectivity index (χ3n) is 4.50. The van der Waals surface area contributed by atoms with Gasteiger partial charge in [-0.1, -0.05) is 12.1 Å². The monoisotopic (exact) mass is 347 g/mol. The summed E-state index contributed by atoms with van der Waals surface area (Å²) in [5.41, 5.74) is 7.53. The molecule has 3 rings (SSSR count). The summed E-state index contributed by atoms with van der Waals surface area (Å²) in [4.78, 5) is 18.9. The first-order valence-corrected chi connectivity index (χ1v) is 9.17. The lowest BCUT2D eigenvalue weighted by molar-refractivity contribution is -0.131. The lowest BCUT2D eigenvalue weighted by Crippen LogP contribution is -2.40. The minimum atomic E-state index is -0.234. The number of likely N-dealkylation sites (tertiary alicyclic amines) is 1. The highest BCUT2D eigenvalue weighted by Gasteiger charge is 2.22. The molecule has 128 valence electrons. The van der Waals surface area contributed by atoms with Crippen molar-refractivity contribution in [2.24, 2.45) is 11.7 Å². The van der Waals surface area contributed by atoms with Crippen LogP contribution in [0.2, 0.25) is 0 Å². The van der Waals surface area contributed by atoms with Crippen molar-refractivity contribution >= 4 is 17.2 Å². The maximum Gasteiger partial charge on any atom is 0.228 e. The average Bonchev–Trinajstić information content (AvgIpc) is 3.04. The highest BCUT2D eigenvalue weighted by atomic mass is 32.1. The van der Waals surface area contributed by atoms with Gasteiger partial charge in [0.2, 0.25) is 5.91 Å². The fourth-order valence-electron chi connectivity index (χ4n) is 2.97. The Labute approximate surface area is 145 Å². The predicted molar refractivity (Wildman–Crippen MR) is 93.4 cm³/mol. The maximum absolute atomic E-state index is 12.9. The van der Waals surface area contributed by atoms with Crippen LogP contribution in [0.3, 0.4) is 0 Å². The van der Waals surface area contributed by atoms with E-state index in [9.17, 15) is 9.18 Å².